The Morgan fingerprint density at radius 3 is 0.986 bits per heavy atom. The molecular weight excluding hydrogens is 887 g/mol. The van der Waals surface area contributed by atoms with Crippen molar-refractivity contribution in [1.82, 2.24) is 5.32 Å². The standard InChI is InChI=1S/C66H129NO5/c1-3-5-7-9-11-13-15-16-17-18-27-31-34-37-40-44-48-52-56-60-66(71)72-61-57-53-49-45-41-38-35-32-29-26-24-22-20-19-21-23-25-28-30-33-36-39-43-47-51-55-59-65(70)67-63(62-68)64(69)58-54-50-46-42-14-12-10-8-6-4-2/h16-17,63-64,68-69H,3-15,18-62H2,1-2H3,(H,67,70)/b17-16-. The molecule has 0 fully saturated rings. The third-order valence-electron chi connectivity index (χ3n) is 15.6. The molecule has 0 aliphatic rings. The Morgan fingerprint density at radius 2 is 0.653 bits per heavy atom. The lowest BCUT2D eigenvalue weighted by Gasteiger charge is -2.22. The maximum Gasteiger partial charge on any atom is 0.305 e. The SMILES string of the molecule is CCCCCCCC/C=C\CCCCCCCCCCCC(=O)OCCCCCCCCCCCCCCCCCCCCCCCCCCCCC(=O)NC(CO)C(O)CCCCCCCCCCCC. The molecule has 0 heterocycles. The highest BCUT2D eigenvalue weighted by atomic mass is 16.5. The number of ether oxygens (including phenoxy) is 1. The molecule has 2 atom stereocenters. The lowest BCUT2D eigenvalue weighted by atomic mass is 10.0. The van der Waals surface area contributed by atoms with E-state index in [2.05, 4.69) is 31.3 Å². The zero-order chi connectivity index (χ0) is 52.2. The Kier molecular flexibility index (Phi) is 60.9. The number of allylic oxidation sites excluding steroid dienone is 2. The Hall–Kier alpha value is -1.40. The summed E-state index contributed by atoms with van der Waals surface area (Å²) in [7, 11) is 0. The van der Waals surface area contributed by atoms with Gasteiger partial charge in [-0.05, 0) is 51.4 Å². The highest BCUT2D eigenvalue weighted by Gasteiger charge is 2.20. The van der Waals surface area contributed by atoms with Crippen LogP contribution in [-0.4, -0.2) is 47.4 Å². The van der Waals surface area contributed by atoms with Gasteiger partial charge in [0.25, 0.3) is 0 Å². The molecule has 0 radical (unpaired) electrons. The van der Waals surface area contributed by atoms with Crippen molar-refractivity contribution < 1.29 is 24.5 Å². The Bertz CT molecular complexity index is 1080. The second-order valence-electron chi connectivity index (χ2n) is 22.8. The summed E-state index contributed by atoms with van der Waals surface area (Å²) in [5.41, 5.74) is 0. The van der Waals surface area contributed by atoms with Crippen LogP contribution in [-0.2, 0) is 14.3 Å². The van der Waals surface area contributed by atoms with Gasteiger partial charge < -0.3 is 20.3 Å². The van der Waals surface area contributed by atoms with E-state index < -0.39 is 12.1 Å². The van der Waals surface area contributed by atoms with Crippen molar-refractivity contribution in [3.8, 4) is 0 Å². The van der Waals surface area contributed by atoms with E-state index >= 15 is 0 Å². The number of carbonyl (C=O) groups is 2. The average Bonchev–Trinajstić information content (AvgIpc) is 3.38. The number of aliphatic hydroxyl groups excluding tert-OH is 2. The fourth-order valence-corrected chi connectivity index (χ4v) is 10.5. The minimum Gasteiger partial charge on any atom is -0.466 e. The van der Waals surface area contributed by atoms with Crippen LogP contribution in [0.3, 0.4) is 0 Å². The molecular formula is C66H129NO5. The summed E-state index contributed by atoms with van der Waals surface area (Å²) in [4.78, 5) is 24.5. The van der Waals surface area contributed by atoms with Crippen LogP contribution in [0.1, 0.15) is 373 Å². The van der Waals surface area contributed by atoms with E-state index in [4.69, 9.17) is 4.74 Å². The van der Waals surface area contributed by atoms with E-state index in [1.807, 2.05) is 0 Å². The van der Waals surface area contributed by atoms with Gasteiger partial charge in [-0.25, -0.2) is 0 Å². The lowest BCUT2D eigenvalue weighted by Crippen LogP contribution is -2.45. The minimum absolute atomic E-state index is 0.0176. The fraction of sp³-hybridized carbons (Fsp3) is 0.939. The van der Waals surface area contributed by atoms with Crippen molar-refractivity contribution in [2.24, 2.45) is 0 Å². The molecule has 0 aliphatic carbocycles. The number of nitrogens with one attached hydrogen (secondary N) is 1. The van der Waals surface area contributed by atoms with Crippen molar-refractivity contribution in [2.45, 2.75) is 386 Å². The maximum absolute atomic E-state index is 12.4. The molecule has 0 aromatic heterocycles. The molecule has 0 rings (SSSR count). The summed E-state index contributed by atoms with van der Waals surface area (Å²) in [6.45, 7) is 4.96. The maximum atomic E-state index is 12.4. The summed E-state index contributed by atoms with van der Waals surface area (Å²) in [6, 6.07) is -0.537. The molecule has 0 spiro atoms. The lowest BCUT2D eigenvalue weighted by molar-refractivity contribution is -0.143. The van der Waals surface area contributed by atoms with Crippen LogP contribution >= 0.6 is 0 Å². The van der Waals surface area contributed by atoms with Crippen LogP contribution < -0.4 is 5.32 Å². The third-order valence-corrected chi connectivity index (χ3v) is 15.6. The van der Waals surface area contributed by atoms with Crippen molar-refractivity contribution in [3.63, 3.8) is 0 Å². The molecule has 0 bridgehead atoms. The highest BCUT2D eigenvalue weighted by Crippen LogP contribution is 2.19. The summed E-state index contributed by atoms with van der Waals surface area (Å²) in [5, 5.41) is 23.2. The van der Waals surface area contributed by atoms with Crippen LogP contribution in [0.15, 0.2) is 12.2 Å². The van der Waals surface area contributed by atoms with Crippen molar-refractivity contribution in [2.75, 3.05) is 13.2 Å². The van der Waals surface area contributed by atoms with Gasteiger partial charge >= 0.3 is 5.97 Å². The topological polar surface area (TPSA) is 95.9 Å². The predicted molar refractivity (Wildman–Crippen MR) is 315 cm³/mol. The number of carbonyl (C=O) groups excluding carboxylic acids is 2. The van der Waals surface area contributed by atoms with Gasteiger partial charge in [0.05, 0.1) is 25.4 Å². The summed E-state index contributed by atoms with van der Waals surface area (Å²) in [6.07, 6.45) is 75.4. The molecule has 6 nitrogen and oxygen atoms in total. The molecule has 0 saturated carbocycles. The number of hydrogen-bond acceptors (Lipinski definition) is 5. The van der Waals surface area contributed by atoms with Crippen LogP contribution in [0.2, 0.25) is 0 Å². The summed E-state index contributed by atoms with van der Waals surface area (Å²) in [5.74, 6) is -0.0150. The smallest absolute Gasteiger partial charge is 0.305 e. The first kappa shape index (κ1) is 70.6. The van der Waals surface area contributed by atoms with Crippen molar-refractivity contribution in [1.29, 1.82) is 0 Å². The van der Waals surface area contributed by atoms with Gasteiger partial charge in [-0.3, -0.25) is 9.59 Å². The zero-order valence-corrected chi connectivity index (χ0v) is 48.9. The largest absolute Gasteiger partial charge is 0.466 e. The molecule has 6 heteroatoms. The minimum atomic E-state index is -0.660. The van der Waals surface area contributed by atoms with Gasteiger partial charge in [-0.15, -0.1) is 0 Å². The van der Waals surface area contributed by atoms with E-state index in [0.717, 1.165) is 38.5 Å². The number of rotatable bonds is 62. The van der Waals surface area contributed by atoms with Gasteiger partial charge in [-0.2, -0.15) is 0 Å². The van der Waals surface area contributed by atoms with E-state index in [-0.39, 0.29) is 18.5 Å². The van der Waals surface area contributed by atoms with E-state index in [1.165, 1.54) is 302 Å². The second kappa shape index (κ2) is 62.1. The first-order chi connectivity index (χ1) is 35.5. The summed E-state index contributed by atoms with van der Waals surface area (Å²) < 4.78 is 5.51. The summed E-state index contributed by atoms with van der Waals surface area (Å²) >= 11 is 0. The Labute approximate surface area is 450 Å². The quantitative estimate of drug-likeness (QED) is 0.0320. The van der Waals surface area contributed by atoms with Gasteiger partial charge in [-0.1, -0.05) is 321 Å². The Morgan fingerprint density at radius 1 is 0.375 bits per heavy atom. The fourth-order valence-electron chi connectivity index (χ4n) is 10.5. The molecule has 0 saturated heterocycles. The first-order valence-corrected chi connectivity index (χ1v) is 32.9. The predicted octanol–water partition coefficient (Wildman–Crippen LogP) is 20.8. The molecule has 72 heavy (non-hydrogen) atoms. The van der Waals surface area contributed by atoms with Gasteiger partial charge in [0.15, 0.2) is 0 Å². The average molecular weight is 1020 g/mol. The molecule has 0 aromatic carbocycles. The number of hydrogen-bond donors (Lipinski definition) is 3. The second-order valence-corrected chi connectivity index (χ2v) is 22.8. The van der Waals surface area contributed by atoms with Crippen molar-refractivity contribution >= 4 is 11.9 Å². The van der Waals surface area contributed by atoms with E-state index in [0.29, 0.717) is 25.9 Å². The molecule has 1 amide bonds. The van der Waals surface area contributed by atoms with Gasteiger partial charge in [0.2, 0.25) is 5.91 Å². The molecule has 2 unspecified atom stereocenters. The third kappa shape index (κ3) is 57.9. The zero-order valence-electron chi connectivity index (χ0n) is 48.9. The number of aliphatic hydroxyl groups is 2. The Balaban J connectivity index is 3.30. The van der Waals surface area contributed by atoms with Crippen LogP contribution in [0.25, 0.3) is 0 Å². The first-order valence-electron chi connectivity index (χ1n) is 32.9. The monoisotopic (exact) mass is 1020 g/mol. The molecule has 0 aliphatic heterocycles. The number of unbranched alkanes of at least 4 members (excludes halogenated alkanes) is 49. The normalized spacial score (nSPS) is 12.6. The molecule has 0 aromatic rings. The van der Waals surface area contributed by atoms with E-state index in [1.54, 1.807) is 0 Å². The number of amides is 1. The molecule has 3 N–H and O–H groups in total. The van der Waals surface area contributed by atoms with Gasteiger partial charge in [0, 0.05) is 12.8 Å². The van der Waals surface area contributed by atoms with E-state index in [9.17, 15) is 19.8 Å². The number of esters is 1. The van der Waals surface area contributed by atoms with Crippen LogP contribution in [0, 0.1) is 0 Å². The molecule has 428 valence electrons. The van der Waals surface area contributed by atoms with Crippen LogP contribution in [0.4, 0.5) is 0 Å². The highest BCUT2D eigenvalue weighted by molar-refractivity contribution is 5.76. The van der Waals surface area contributed by atoms with Crippen molar-refractivity contribution in [3.05, 3.63) is 12.2 Å². The van der Waals surface area contributed by atoms with Gasteiger partial charge in [0.1, 0.15) is 0 Å². The van der Waals surface area contributed by atoms with Crippen LogP contribution in [0.5, 0.6) is 0 Å².